The van der Waals surface area contributed by atoms with E-state index < -0.39 is 0 Å². The third-order valence-corrected chi connectivity index (χ3v) is 2.73. The van der Waals surface area contributed by atoms with Gasteiger partial charge in [0.25, 0.3) is 0 Å². The largest absolute Gasteiger partial charge is 0.292 e. The summed E-state index contributed by atoms with van der Waals surface area (Å²) in [5.41, 5.74) is 0.553. The second-order valence-corrected chi connectivity index (χ2v) is 5.14. The van der Waals surface area contributed by atoms with E-state index in [0.29, 0.717) is 23.1 Å². The van der Waals surface area contributed by atoms with E-state index in [1.165, 1.54) is 0 Å². The fourth-order valence-corrected chi connectivity index (χ4v) is 1.77. The highest BCUT2D eigenvalue weighted by molar-refractivity contribution is 6.33. The summed E-state index contributed by atoms with van der Waals surface area (Å²) in [7, 11) is 0. The van der Waals surface area contributed by atoms with Crippen molar-refractivity contribution in [3.05, 3.63) is 16.9 Å². The van der Waals surface area contributed by atoms with Crippen LogP contribution in [0.3, 0.4) is 0 Å². The number of rotatable bonds is 5. The number of aromatic nitrogens is 2. The minimum absolute atomic E-state index is 0.0879. The lowest BCUT2D eigenvalue weighted by Crippen LogP contribution is -2.13. The van der Waals surface area contributed by atoms with Crippen molar-refractivity contribution in [1.29, 1.82) is 0 Å². The van der Waals surface area contributed by atoms with Gasteiger partial charge in [-0.2, -0.15) is 5.10 Å². The molecule has 0 amide bonds. The normalized spacial score (nSPS) is 11.4. The Morgan fingerprint density at radius 1 is 1.44 bits per heavy atom. The Kier molecular flexibility index (Phi) is 4.54. The van der Waals surface area contributed by atoms with Crippen LogP contribution in [0.15, 0.2) is 6.20 Å². The Morgan fingerprint density at radius 3 is 2.56 bits per heavy atom. The average Bonchev–Trinajstić information content (AvgIpc) is 2.56. The van der Waals surface area contributed by atoms with Crippen molar-refractivity contribution < 1.29 is 4.79 Å². The number of ketones is 1. The van der Waals surface area contributed by atoms with Crippen LogP contribution in [0.5, 0.6) is 0 Å². The Bertz CT molecular complexity index is 369. The van der Waals surface area contributed by atoms with Crippen molar-refractivity contribution >= 4 is 17.4 Å². The Hall–Kier alpha value is -0.830. The van der Waals surface area contributed by atoms with Crippen LogP contribution in [0.25, 0.3) is 0 Å². The molecule has 0 radical (unpaired) electrons. The standard InChI is InChI=1S/C12H19ClN2O/c1-8(2)5-6-11(16)12-10(13)7-14-15(12)9(3)4/h7-9H,5-6H2,1-4H3. The smallest absolute Gasteiger partial charge is 0.182 e. The molecule has 0 atom stereocenters. The molecule has 0 bridgehead atoms. The summed E-state index contributed by atoms with van der Waals surface area (Å²) < 4.78 is 1.70. The first-order valence-electron chi connectivity index (χ1n) is 5.69. The van der Waals surface area contributed by atoms with Gasteiger partial charge in [-0.1, -0.05) is 25.4 Å². The van der Waals surface area contributed by atoms with Gasteiger partial charge in [-0.05, 0) is 26.2 Å². The molecule has 1 aromatic heterocycles. The molecule has 0 fully saturated rings. The molecule has 16 heavy (non-hydrogen) atoms. The Labute approximate surface area is 102 Å². The van der Waals surface area contributed by atoms with E-state index in [-0.39, 0.29) is 11.8 Å². The number of hydrogen-bond donors (Lipinski definition) is 0. The highest BCUT2D eigenvalue weighted by atomic mass is 35.5. The zero-order valence-electron chi connectivity index (χ0n) is 10.3. The Balaban J connectivity index is 2.85. The van der Waals surface area contributed by atoms with E-state index in [9.17, 15) is 4.79 Å². The van der Waals surface area contributed by atoms with Crippen LogP contribution in [0.4, 0.5) is 0 Å². The fourth-order valence-electron chi connectivity index (χ4n) is 1.53. The van der Waals surface area contributed by atoms with E-state index in [1.54, 1.807) is 10.9 Å². The van der Waals surface area contributed by atoms with Crippen molar-refractivity contribution in [2.45, 2.75) is 46.6 Å². The van der Waals surface area contributed by atoms with Crippen molar-refractivity contribution in [3.8, 4) is 0 Å². The van der Waals surface area contributed by atoms with Crippen molar-refractivity contribution in [1.82, 2.24) is 9.78 Å². The molecule has 0 saturated heterocycles. The van der Waals surface area contributed by atoms with Crippen molar-refractivity contribution in [2.24, 2.45) is 5.92 Å². The second kappa shape index (κ2) is 5.48. The predicted octanol–water partition coefficient (Wildman–Crippen LogP) is 3.74. The summed E-state index contributed by atoms with van der Waals surface area (Å²) in [5.74, 6) is 0.614. The molecule has 0 spiro atoms. The molecule has 4 heteroatoms. The first-order valence-corrected chi connectivity index (χ1v) is 6.07. The van der Waals surface area contributed by atoms with Crippen LogP contribution in [0.2, 0.25) is 5.02 Å². The van der Waals surface area contributed by atoms with Gasteiger partial charge in [0.2, 0.25) is 0 Å². The molecule has 0 aliphatic carbocycles. The number of carbonyl (C=O) groups is 1. The van der Waals surface area contributed by atoms with Gasteiger partial charge in [-0.15, -0.1) is 0 Å². The molecule has 1 heterocycles. The third-order valence-electron chi connectivity index (χ3n) is 2.45. The molecular weight excluding hydrogens is 224 g/mol. The molecule has 90 valence electrons. The molecule has 1 aromatic rings. The van der Waals surface area contributed by atoms with Gasteiger partial charge >= 0.3 is 0 Å². The lowest BCUT2D eigenvalue weighted by atomic mass is 10.0. The van der Waals surface area contributed by atoms with Crippen molar-refractivity contribution in [2.75, 3.05) is 0 Å². The summed E-state index contributed by atoms with van der Waals surface area (Å²) in [5, 5.41) is 4.59. The molecule has 0 aliphatic rings. The highest BCUT2D eigenvalue weighted by Crippen LogP contribution is 2.21. The van der Waals surface area contributed by atoms with E-state index in [0.717, 1.165) is 6.42 Å². The Morgan fingerprint density at radius 2 is 2.06 bits per heavy atom. The van der Waals surface area contributed by atoms with Gasteiger partial charge in [0.1, 0.15) is 5.69 Å². The zero-order valence-corrected chi connectivity index (χ0v) is 11.1. The highest BCUT2D eigenvalue weighted by Gasteiger charge is 2.18. The molecule has 1 rings (SSSR count). The predicted molar refractivity (Wildman–Crippen MR) is 66.0 cm³/mol. The van der Waals surface area contributed by atoms with Crippen LogP contribution in [0, 0.1) is 5.92 Å². The third kappa shape index (κ3) is 3.08. The molecule has 0 aromatic carbocycles. The molecule has 0 N–H and O–H groups in total. The molecule has 3 nitrogen and oxygen atoms in total. The van der Waals surface area contributed by atoms with Gasteiger partial charge in [-0.3, -0.25) is 9.48 Å². The van der Waals surface area contributed by atoms with E-state index >= 15 is 0 Å². The number of Topliss-reactive ketones (excluding diaryl/α,β-unsaturated/α-hetero) is 1. The second-order valence-electron chi connectivity index (χ2n) is 4.74. The van der Waals surface area contributed by atoms with Gasteiger partial charge in [0.05, 0.1) is 11.2 Å². The topological polar surface area (TPSA) is 34.9 Å². The van der Waals surface area contributed by atoms with Crippen LogP contribution in [0.1, 0.15) is 57.1 Å². The van der Waals surface area contributed by atoms with Gasteiger partial charge in [0.15, 0.2) is 5.78 Å². The van der Waals surface area contributed by atoms with Crippen LogP contribution >= 0.6 is 11.6 Å². The summed E-state index contributed by atoms with van der Waals surface area (Å²) in [6.07, 6.45) is 2.97. The summed E-state index contributed by atoms with van der Waals surface area (Å²) >= 11 is 6.00. The average molecular weight is 243 g/mol. The maximum Gasteiger partial charge on any atom is 0.182 e. The maximum absolute atomic E-state index is 12.0. The first kappa shape index (κ1) is 13.2. The maximum atomic E-state index is 12.0. The number of nitrogens with zero attached hydrogens (tertiary/aromatic N) is 2. The van der Waals surface area contributed by atoms with Gasteiger partial charge < -0.3 is 0 Å². The first-order chi connectivity index (χ1) is 7.43. The SMILES string of the molecule is CC(C)CCC(=O)c1c(Cl)cnn1C(C)C. The number of halogens is 1. The van der Waals surface area contributed by atoms with Crippen LogP contribution in [-0.4, -0.2) is 15.6 Å². The minimum atomic E-state index is 0.0879. The number of carbonyl (C=O) groups excluding carboxylic acids is 1. The molecule has 0 saturated carbocycles. The number of hydrogen-bond acceptors (Lipinski definition) is 2. The molecule has 0 aliphatic heterocycles. The lowest BCUT2D eigenvalue weighted by molar-refractivity contribution is 0.0963. The van der Waals surface area contributed by atoms with Gasteiger partial charge in [-0.25, -0.2) is 0 Å². The lowest BCUT2D eigenvalue weighted by Gasteiger charge is -2.11. The molecule has 0 unspecified atom stereocenters. The van der Waals surface area contributed by atoms with E-state index in [2.05, 4.69) is 18.9 Å². The van der Waals surface area contributed by atoms with E-state index in [4.69, 9.17) is 11.6 Å². The van der Waals surface area contributed by atoms with Crippen LogP contribution in [-0.2, 0) is 0 Å². The zero-order chi connectivity index (χ0) is 12.3. The van der Waals surface area contributed by atoms with E-state index in [1.807, 2.05) is 13.8 Å². The fraction of sp³-hybridized carbons (Fsp3) is 0.667. The minimum Gasteiger partial charge on any atom is -0.292 e. The van der Waals surface area contributed by atoms with Crippen molar-refractivity contribution in [3.63, 3.8) is 0 Å². The monoisotopic (exact) mass is 242 g/mol. The molecular formula is C12H19ClN2O. The summed E-state index contributed by atoms with van der Waals surface area (Å²) in [4.78, 5) is 12.0. The van der Waals surface area contributed by atoms with Crippen LogP contribution < -0.4 is 0 Å². The summed E-state index contributed by atoms with van der Waals surface area (Å²) in [6.45, 7) is 8.19. The van der Waals surface area contributed by atoms with Gasteiger partial charge in [0, 0.05) is 12.5 Å². The quantitative estimate of drug-likeness (QED) is 0.738. The summed E-state index contributed by atoms with van der Waals surface area (Å²) in [6, 6.07) is 0.158.